The molecule has 0 aliphatic carbocycles. The maximum Gasteiger partial charge on any atom is 0.276 e. The molecule has 2 aromatic carbocycles. The van der Waals surface area contributed by atoms with Gasteiger partial charge in [-0.15, -0.1) is 0 Å². The van der Waals surface area contributed by atoms with E-state index >= 15 is 0 Å². The molecule has 0 saturated carbocycles. The molecule has 1 heterocycles. The van der Waals surface area contributed by atoms with Gasteiger partial charge in [0.05, 0.1) is 12.0 Å². The molecule has 1 unspecified atom stereocenters. The number of rotatable bonds is 4. The number of hydrogen-bond acceptors (Lipinski definition) is 3. The molecule has 0 radical (unpaired) electrons. The highest BCUT2D eigenvalue weighted by Crippen LogP contribution is 2.25. The van der Waals surface area contributed by atoms with Gasteiger partial charge in [-0.1, -0.05) is 49.4 Å². The molecular formula is C18H19N3O2. The van der Waals surface area contributed by atoms with E-state index in [1.54, 1.807) is 6.07 Å². The van der Waals surface area contributed by atoms with Crippen molar-refractivity contribution >= 4 is 17.5 Å². The Hall–Kier alpha value is -2.82. The fourth-order valence-corrected chi connectivity index (χ4v) is 2.68. The largest absolute Gasteiger partial charge is 0.363 e. The average Bonchev–Trinajstić information content (AvgIpc) is 2.58. The second kappa shape index (κ2) is 6.52. The fraction of sp³-hybridized carbons (Fsp3) is 0.222. The third kappa shape index (κ3) is 3.18. The number of carbonyl (C=O) groups is 2. The molecule has 3 rings (SSSR count). The first kappa shape index (κ1) is 15.1. The smallest absolute Gasteiger partial charge is 0.276 e. The summed E-state index contributed by atoms with van der Waals surface area (Å²) in [6.07, 6.45) is 0.672. The number of nitrogens with one attached hydrogen (secondary N) is 2. The predicted octanol–water partition coefficient (Wildman–Crippen LogP) is 2.56. The summed E-state index contributed by atoms with van der Waals surface area (Å²) in [5.74, 6) is -0.392. The molecule has 2 amide bonds. The molecule has 2 aromatic rings. The topological polar surface area (TPSA) is 61.4 Å². The lowest BCUT2D eigenvalue weighted by Crippen LogP contribution is -2.57. The van der Waals surface area contributed by atoms with Gasteiger partial charge in [-0.25, -0.2) is 5.01 Å². The number of amides is 2. The van der Waals surface area contributed by atoms with Crippen LogP contribution < -0.4 is 10.7 Å². The van der Waals surface area contributed by atoms with Gasteiger partial charge < -0.3 is 5.32 Å². The Balaban J connectivity index is 1.76. The Labute approximate surface area is 135 Å². The van der Waals surface area contributed by atoms with Crippen LogP contribution >= 0.6 is 0 Å². The van der Waals surface area contributed by atoms with Crippen molar-refractivity contribution in [3.63, 3.8) is 0 Å². The Morgan fingerprint density at radius 1 is 1.13 bits per heavy atom. The number of hydrogen-bond donors (Lipinski definition) is 2. The molecule has 0 saturated heterocycles. The summed E-state index contributed by atoms with van der Waals surface area (Å²) in [5.41, 5.74) is 5.02. The third-order valence-corrected chi connectivity index (χ3v) is 3.85. The SMILES string of the molecule is CCC1Nc2ccccc2C(=O)N1NC(=O)Cc1ccccc1. The van der Waals surface area contributed by atoms with Crippen LogP contribution in [0.3, 0.4) is 0 Å². The number of nitrogens with zero attached hydrogens (tertiary/aromatic N) is 1. The maximum atomic E-state index is 12.6. The van der Waals surface area contributed by atoms with Gasteiger partial charge in [0.1, 0.15) is 6.17 Å². The van der Waals surface area contributed by atoms with Crippen LogP contribution in [-0.4, -0.2) is 23.0 Å². The van der Waals surface area contributed by atoms with E-state index < -0.39 is 0 Å². The predicted molar refractivity (Wildman–Crippen MR) is 88.6 cm³/mol. The van der Waals surface area contributed by atoms with E-state index in [-0.39, 0.29) is 24.4 Å². The summed E-state index contributed by atoms with van der Waals surface area (Å²) in [7, 11) is 0. The molecule has 0 aromatic heterocycles. The lowest BCUT2D eigenvalue weighted by atomic mass is 10.1. The van der Waals surface area contributed by atoms with Gasteiger partial charge in [0.15, 0.2) is 0 Å². The molecule has 1 aliphatic rings. The standard InChI is InChI=1S/C18H19N3O2/c1-2-16-19-15-11-7-6-10-14(15)18(23)21(16)20-17(22)12-13-8-4-3-5-9-13/h3-11,16,19H,2,12H2,1H3,(H,20,22). The van der Waals surface area contributed by atoms with Crippen LogP contribution in [0.25, 0.3) is 0 Å². The van der Waals surface area contributed by atoms with Crippen molar-refractivity contribution in [1.82, 2.24) is 10.4 Å². The van der Waals surface area contributed by atoms with Gasteiger partial charge in [0.2, 0.25) is 5.91 Å². The summed E-state index contributed by atoms with van der Waals surface area (Å²) in [4.78, 5) is 24.9. The van der Waals surface area contributed by atoms with Gasteiger partial charge in [-0.05, 0) is 24.1 Å². The number of anilines is 1. The van der Waals surface area contributed by atoms with Crippen molar-refractivity contribution in [2.75, 3.05) is 5.32 Å². The molecule has 0 fully saturated rings. The number of hydrazine groups is 1. The molecular weight excluding hydrogens is 290 g/mol. The van der Waals surface area contributed by atoms with E-state index in [2.05, 4.69) is 10.7 Å². The van der Waals surface area contributed by atoms with Crippen molar-refractivity contribution in [3.8, 4) is 0 Å². The van der Waals surface area contributed by atoms with Crippen LogP contribution in [0.4, 0.5) is 5.69 Å². The molecule has 0 spiro atoms. The molecule has 1 atom stereocenters. The zero-order valence-corrected chi connectivity index (χ0v) is 13.0. The van der Waals surface area contributed by atoms with Crippen molar-refractivity contribution in [3.05, 3.63) is 65.7 Å². The molecule has 118 valence electrons. The van der Waals surface area contributed by atoms with Crippen molar-refractivity contribution < 1.29 is 9.59 Å². The highest BCUT2D eigenvalue weighted by atomic mass is 16.2. The number of fused-ring (bicyclic) bond motifs is 1. The molecule has 5 nitrogen and oxygen atoms in total. The van der Waals surface area contributed by atoms with Gasteiger partial charge in [-0.2, -0.15) is 0 Å². The Morgan fingerprint density at radius 3 is 2.57 bits per heavy atom. The number of benzene rings is 2. The van der Waals surface area contributed by atoms with Crippen molar-refractivity contribution in [2.24, 2.45) is 0 Å². The highest BCUT2D eigenvalue weighted by molar-refractivity contribution is 6.02. The monoisotopic (exact) mass is 309 g/mol. The lowest BCUT2D eigenvalue weighted by Gasteiger charge is -2.37. The summed E-state index contributed by atoms with van der Waals surface area (Å²) in [6.45, 7) is 1.97. The van der Waals surface area contributed by atoms with Gasteiger partial charge >= 0.3 is 0 Å². The summed E-state index contributed by atoms with van der Waals surface area (Å²) in [6, 6.07) is 16.8. The van der Waals surface area contributed by atoms with E-state index in [1.807, 2.05) is 55.5 Å². The second-order valence-electron chi connectivity index (χ2n) is 5.49. The quantitative estimate of drug-likeness (QED) is 0.912. The Bertz CT molecular complexity index is 715. The Morgan fingerprint density at radius 2 is 1.83 bits per heavy atom. The van der Waals surface area contributed by atoms with Crippen molar-refractivity contribution in [2.45, 2.75) is 25.9 Å². The van der Waals surface area contributed by atoms with E-state index in [0.717, 1.165) is 11.3 Å². The lowest BCUT2D eigenvalue weighted by molar-refractivity contribution is -0.125. The molecule has 23 heavy (non-hydrogen) atoms. The summed E-state index contributed by atoms with van der Waals surface area (Å²) >= 11 is 0. The van der Waals surface area contributed by atoms with Crippen LogP contribution in [-0.2, 0) is 11.2 Å². The molecule has 1 aliphatic heterocycles. The minimum atomic E-state index is -0.253. The second-order valence-corrected chi connectivity index (χ2v) is 5.49. The van der Waals surface area contributed by atoms with E-state index in [9.17, 15) is 9.59 Å². The summed E-state index contributed by atoms with van der Waals surface area (Å²) in [5, 5.41) is 4.68. The van der Waals surface area contributed by atoms with Gasteiger partial charge in [0.25, 0.3) is 5.91 Å². The van der Waals surface area contributed by atoms with Crippen LogP contribution in [0.15, 0.2) is 54.6 Å². The van der Waals surface area contributed by atoms with E-state index in [1.165, 1.54) is 5.01 Å². The zero-order valence-electron chi connectivity index (χ0n) is 13.0. The van der Waals surface area contributed by atoms with Gasteiger partial charge in [0, 0.05) is 5.69 Å². The fourth-order valence-electron chi connectivity index (χ4n) is 2.68. The van der Waals surface area contributed by atoms with E-state index in [0.29, 0.717) is 12.0 Å². The molecule has 2 N–H and O–H groups in total. The number of para-hydroxylation sites is 1. The van der Waals surface area contributed by atoms with Crippen LogP contribution in [0.5, 0.6) is 0 Å². The first-order valence-electron chi connectivity index (χ1n) is 7.71. The van der Waals surface area contributed by atoms with Crippen LogP contribution in [0, 0.1) is 0 Å². The molecule has 0 bridgehead atoms. The molecule has 5 heteroatoms. The maximum absolute atomic E-state index is 12.6. The minimum absolute atomic E-state index is 0.187. The first-order valence-corrected chi connectivity index (χ1v) is 7.71. The normalized spacial score (nSPS) is 16.5. The zero-order chi connectivity index (χ0) is 16.2. The first-order chi connectivity index (χ1) is 11.2. The minimum Gasteiger partial charge on any atom is -0.363 e. The Kier molecular flexibility index (Phi) is 4.28. The van der Waals surface area contributed by atoms with Crippen LogP contribution in [0.2, 0.25) is 0 Å². The number of carbonyl (C=O) groups excluding carboxylic acids is 2. The van der Waals surface area contributed by atoms with Crippen molar-refractivity contribution in [1.29, 1.82) is 0 Å². The van der Waals surface area contributed by atoms with Crippen LogP contribution in [0.1, 0.15) is 29.3 Å². The third-order valence-electron chi connectivity index (χ3n) is 3.85. The highest BCUT2D eigenvalue weighted by Gasteiger charge is 2.31. The average molecular weight is 309 g/mol. The summed E-state index contributed by atoms with van der Waals surface area (Å²) < 4.78 is 0. The van der Waals surface area contributed by atoms with Gasteiger partial charge in [-0.3, -0.25) is 15.0 Å². The van der Waals surface area contributed by atoms with E-state index in [4.69, 9.17) is 0 Å².